The maximum Gasteiger partial charge on any atom is 0.230 e. The zero-order chi connectivity index (χ0) is 14.5. The van der Waals surface area contributed by atoms with E-state index in [4.69, 9.17) is 10.8 Å². The first-order valence-corrected chi connectivity index (χ1v) is 7.59. The molecule has 4 heteroatoms. The molecule has 19 heavy (non-hydrogen) atoms. The topological polar surface area (TPSA) is 66.6 Å². The van der Waals surface area contributed by atoms with Gasteiger partial charge in [-0.25, -0.2) is 0 Å². The van der Waals surface area contributed by atoms with Gasteiger partial charge in [-0.3, -0.25) is 4.79 Å². The average Bonchev–Trinajstić information content (AvgIpc) is 2.40. The van der Waals surface area contributed by atoms with E-state index in [0.717, 1.165) is 25.7 Å². The number of carbonyl (C=O) groups excluding carboxylic acids is 1. The minimum Gasteiger partial charge on any atom is -0.396 e. The third kappa shape index (κ3) is 3.93. The number of hydrogen-bond acceptors (Lipinski definition) is 3. The monoisotopic (exact) mass is 270 g/mol. The number of hydrogen-bond donors (Lipinski definition) is 2. The molecule has 0 atom stereocenters. The fourth-order valence-corrected chi connectivity index (χ4v) is 2.96. The van der Waals surface area contributed by atoms with Gasteiger partial charge in [0, 0.05) is 25.7 Å². The van der Waals surface area contributed by atoms with Crippen LogP contribution in [0.1, 0.15) is 52.9 Å². The molecule has 3 N–H and O–H groups in total. The van der Waals surface area contributed by atoms with E-state index in [1.54, 1.807) is 0 Å². The summed E-state index contributed by atoms with van der Waals surface area (Å²) in [6.45, 7) is 7.52. The lowest BCUT2D eigenvalue weighted by molar-refractivity contribution is -0.146. The predicted molar refractivity (Wildman–Crippen MR) is 77.7 cm³/mol. The largest absolute Gasteiger partial charge is 0.396 e. The van der Waals surface area contributed by atoms with Crippen molar-refractivity contribution in [1.29, 1.82) is 0 Å². The highest BCUT2D eigenvalue weighted by Gasteiger charge is 2.42. The van der Waals surface area contributed by atoms with Gasteiger partial charge in [-0.1, -0.05) is 6.92 Å². The molecular formula is C15H30N2O2. The first-order chi connectivity index (χ1) is 8.96. The van der Waals surface area contributed by atoms with Gasteiger partial charge in [-0.15, -0.1) is 0 Å². The van der Waals surface area contributed by atoms with Gasteiger partial charge >= 0.3 is 0 Å². The fraction of sp³-hybridized carbons (Fsp3) is 0.933. The summed E-state index contributed by atoms with van der Waals surface area (Å²) in [5.41, 5.74) is 5.60. The summed E-state index contributed by atoms with van der Waals surface area (Å²) in [6, 6.07) is 0.168. The van der Waals surface area contributed by atoms with Crippen LogP contribution in [0.15, 0.2) is 0 Å². The summed E-state index contributed by atoms with van der Waals surface area (Å²) >= 11 is 0. The molecule has 4 nitrogen and oxygen atoms in total. The van der Waals surface area contributed by atoms with Crippen LogP contribution >= 0.6 is 0 Å². The maximum atomic E-state index is 12.9. The number of nitrogens with zero attached hydrogens (tertiary/aromatic N) is 1. The van der Waals surface area contributed by atoms with Crippen LogP contribution in [0.25, 0.3) is 0 Å². The average molecular weight is 270 g/mol. The van der Waals surface area contributed by atoms with Gasteiger partial charge in [0.15, 0.2) is 0 Å². The Bertz CT molecular complexity index is 284. The first kappa shape index (κ1) is 16.4. The lowest BCUT2D eigenvalue weighted by Crippen LogP contribution is -2.52. The van der Waals surface area contributed by atoms with E-state index in [9.17, 15) is 4.79 Å². The van der Waals surface area contributed by atoms with Crippen molar-refractivity contribution >= 4 is 5.91 Å². The van der Waals surface area contributed by atoms with Gasteiger partial charge in [0.1, 0.15) is 0 Å². The van der Waals surface area contributed by atoms with Gasteiger partial charge in [0.2, 0.25) is 5.91 Å². The van der Waals surface area contributed by atoms with Gasteiger partial charge in [0.05, 0.1) is 5.41 Å². The fourth-order valence-electron chi connectivity index (χ4n) is 2.96. The Labute approximate surface area is 117 Å². The maximum absolute atomic E-state index is 12.9. The molecule has 0 heterocycles. The molecule has 1 saturated carbocycles. The Morgan fingerprint density at radius 2 is 2.00 bits per heavy atom. The Hall–Kier alpha value is -0.610. The number of aliphatic hydroxyl groups is 1. The summed E-state index contributed by atoms with van der Waals surface area (Å²) in [4.78, 5) is 14.8. The second kappa shape index (κ2) is 7.25. The van der Waals surface area contributed by atoms with Gasteiger partial charge in [0.25, 0.3) is 0 Å². The number of carbonyl (C=O) groups is 1. The van der Waals surface area contributed by atoms with E-state index < -0.39 is 0 Å². The van der Waals surface area contributed by atoms with E-state index in [0.29, 0.717) is 25.4 Å². The first-order valence-electron chi connectivity index (χ1n) is 7.59. The van der Waals surface area contributed by atoms with E-state index in [2.05, 4.69) is 6.92 Å². The summed E-state index contributed by atoms with van der Waals surface area (Å²) in [6.07, 6.45) is 4.64. The highest BCUT2D eigenvalue weighted by molar-refractivity contribution is 5.83. The van der Waals surface area contributed by atoms with Gasteiger partial charge in [-0.2, -0.15) is 0 Å². The Morgan fingerprint density at radius 1 is 1.42 bits per heavy atom. The lowest BCUT2D eigenvalue weighted by atomic mass is 9.70. The van der Waals surface area contributed by atoms with Crippen LogP contribution in [0, 0.1) is 11.3 Å². The van der Waals surface area contributed by atoms with Crippen LogP contribution in [-0.4, -0.2) is 41.7 Å². The van der Waals surface area contributed by atoms with Crippen LogP contribution < -0.4 is 5.73 Å². The Balaban J connectivity index is 2.80. The minimum atomic E-state index is -0.355. The Kier molecular flexibility index (Phi) is 6.27. The molecule has 112 valence electrons. The molecule has 0 aromatic rings. The van der Waals surface area contributed by atoms with E-state index >= 15 is 0 Å². The molecule has 1 aliphatic carbocycles. The third-order valence-corrected chi connectivity index (χ3v) is 4.52. The zero-order valence-corrected chi connectivity index (χ0v) is 12.7. The van der Waals surface area contributed by atoms with Crippen molar-refractivity contribution in [2.45, 2.75) is 58.9 Å². The molecule has 1 rings (SSSR count). The van der Waals surface area contributed by atoms with Crippen LogP contribution in [0.3, 0.4) is 0 Å². The molecule has 0 radical (unpaired) electrons. The van der Waals surface area contributed by atoms with Gasteiger partial charge < -0.3 is 15.7 Å². The Morgan fingerprint density at radius 3 is 2.42 bits per heavy atom. The van der Waals surface area contributed by atoms with Crippen molar-refractivity contribution in [2.24, 2.45) is 17.1 Å². The highest BCUT2D eigenvalue weighted by Crippen LogP contribution is 2.40. The molecule has 0 saturated heterocycles. The minimum absolute atomic E-state index is 0.128. The number of rotatable bonds is 6. The van der Waals surface area contributed by atoms with Crippen LogP contribution in [0.5, 0.6) is 0 Å². The smallest absolute Gasteiger partial charge is 0.230 e. The van der Waals surface area contributed by atoms with E-state index in [1.165, 1.54) is 0 Å². The van der Waals surface area contributed by atoms with Crippen molar-refractivity contribution in [2.75, 3.05) is 19.7 Å². The molecule has 0 aromatic carbocycles. The molecule has 0 unspecified atom stereocenters. The van der Waals surface area contributed by atoms with Crippen LogP contribution in [-0.2, 0) is 4.79 Å². The summed E-state index contributed by atoms with van der Waals surface area (Å²) in [5, 5.41) is 8.98. The molecular weight excluding hydrogens is 240 g/mol. The van der Waals surface area contributed by atoms with Crippen molar-refractivity contribution in [3.8, 4) is 0 Å². The predicted octanol–water partition coefficient (Wildman–Crippen LogP) is 1.76. The molecule has 0 aromatic heterocycles. The van der Waals surface area contributed by atoms with Gasteiger partial charge in [-0.05, 0) is 51.9 Å². The molecule has 1 amide bonds. The standard InChI is InChI=1S/C15H30N2O2/c1-12(2)17(9-4-10-18)14(19)15(11-16)7-5-13(3)6-8-15/h12-13,18H,4-11,16H2,1-3H3. The molecule has 0 spiro atoms. The number of nitrogens with two attached hydrogens (primary N) is 1. The number of amides is 1. The van der Waals surface area contributed by atoms with Crippen molar-refractivity contribution in [3.63, 3.8) is 0 Å². The highest BCUT2D eigenvalue weighted by atomic mass is 16.3. The van der Waals surface area contributed by atoms with Crippen LogP contribution in [0.2, 0.25) is 0 Å². The second-order valence-corrected chi connectivity index (χ2v) is 6.34. The third-order valence-electron chi connectivity index (χ3n) is 4.52. The SMILES string of the molecule is CC1CCC(CN)(C(=O)N(CCCO)C(C)C)CC1. The van der Waals surface area contributed by atoms with E-state index in [-0.39, 0.29) is 24.0 Å². The summed E-state index contributed by atoms with van der Waals surface area (Å²) < 4.78 is 0. The quantitative estimate of drug-likeness (QED) is 0.773. The van der Waals surface area contributed by atoms with Crippen LogP contribution in [0.4, 0.5) is 0 Å². The second-order valence-electron chi connectivity index (χ2n) is 6.34. The molecule has 0 aliphatic heterocycles. The lowest BCUT2D eigenvalue weighted by Gasteiger charge is -2.42. The van der Waals surface area contributed by atoms with Crippen molar-refractivity contribution in [1.82, 2.24) is 4.90 Å². The van der Waals surface area contributed by atoms with E-state index in [1.807, 2.05) is 18.7 Å². The zero-order valence-electron chi connectivity index (χ0n) is 12.7. The normalized spacial score (nSPS) is 27.6. The molecule has 0 bridgehead atoms. The summed E-state index contributed by atoms with van der Waals surface area (Å²) in [5.74, 6) is 0.905. The van der Waals surface area contributed by atoms with Crippen molar-refractivity contribution < 1.29 is 9.90 Å². The van der Waals surface area contributed by atoms with Crippen molar-refractivity contribution in [3.05, 3.63) is 0 Å². The molecule has 1 fully saturated rings. The summed E-state index contributed by atoms with van der Waals surface area (Å²) in [7, 11) is 0. The number of aliphatic hydroxyl groups excluding tert-OH is 1. The molecule has 1 aliphatic rings.